The molecule has 0 saturated heterocycles. The number of allylic oxidation sites excluding steroid dienone is 3. The van der Waals surface area contributed by atoms with Gasteiger partial charge in [-0.25, -0.2) is 0 Å². The molecule has 0 bridgehead atoms. The molecule has 9 aromatic carbocycles. The van der Waals surface area contributed by atoms with Crippen LogP contribution in [0.3, 0.4) is 0 Å². The summed E-state index contributed by atoms with van der Waals surface area (Å²) in [5.74, 6) is -0.444. The predicted octanol–water partition coefficient (Wildman–Crippen LogP) is 15.6. The molecule has 1 aliphatic carbocycles. The van der Waals surface area contributed by atoms with Crippen molar-refractivity contribution >= 4 is 78.1 Å². The Morgan fingerprint density at radius 3 is 1.28 bits per heavy atom. The molecule has 71 heavy (non-hydrogen) atoms. The summed E-state index contributed by atoms with van der Waals surface area (Å²) in [6.07, 6.45) is 9.95. The van der Waals surface area contributed by atoms with Gasteiger partial charge in [-0.1, -0.05) is 140 Å². The molecule has 1 atom stereocenters. The summed E-state index contributed by atoms with van der Waals surface area (Å²) in [5.41, 5.74) is 16.9. The molecule has 0 radical (unpaired) electrons. The molecule has 0 fully saturated rings. The van der Waals surface area contributed by atoms with Gasteiger partial charge in [0.2, 0.25) is 0 Å². The zero-order valence-electron chi connectivity index (χ0n) is 38.8. The van der Waals surface area contributed by atoms with Crippen LogP contribution in [0, 0.1) is 5.92 Å². The van der Waals surface area contributed by atoms with Gasteiger partial charge in [-0.2, -0.15) is 0 Å². The smallest absolute Gasteiger partial charge is 0.253 e. The number of benzene rings is 9. The predicted molar refractivity (Wildman–Crippen MR) is 292 cm³/mol. The number of para-hydroxylation sites is 4. The molecule has 1 unspecified atom stereocenters. The van der Waals surface area contributed by atoms with Crippen molar-refractivity contribution in [2.24, 2.45) is 5.92 Å². The minimum atomic E-state index is -0.244. The number of aromatic nitrogens is 2. The summed E-state index contributed by atoms with van der Waals surface area (Å²) < 4.78 is 4.70. The van der Waals surface area contributed by atoms with E-state index in [4.69, 9.17) is 0 Å². The summed E-state index contributed by atoms with van der Waals surface area (Å²) >= 11 is 0. The van der Waals surface area contributed by atoms with E-state index in [1.807, 2.05) is 0 Å². The van der Waals surface area contributed by atoms with E-state index in [2.05, 4.69) is 251 Å². The SMILES string of the molecule is O=C1C=CC(=O)N1CC1C=C(c2ccc(N(c3ccc(-c4ccc5c(c4)c4ccccc4n5-c4ccccc4)cc3)c3ccc(-c4ccc5c(c4)c4ccccc4n5-c4ccccc4)cc3)cc2)C=CC1. The maximum atomic E-state index is 12.4. The molecular formula is C65H46N4O2. The number of anilines is 3. The van der Waals surface area contributed by atoms with Gasteiger partial charge in [-0.15, -0.1) is 0 Å². The van der Waals surface area contributed by atoms with Gasteiger partial charge in [-0.05, 0) is 143 Å². The number of amides is 2. The van der Waals surface area contributed by atoms with Crippen LogP contribution < -0.4 is 4.90 Å². The molecule has 6 nitrogen and oxygen atoms in total. The fourth-order valence-electron chi connectivity index (χ4n) is 10.8. The topological polar surface area (TPSA) is 50.5 Å². The van der Waals surface area contributed by atoms with Crippen molar-refractivity contribution in [2.45, 2.75) is 6.42 Å². The molecule has 6 heteroatoms. The van der Waals surface area contributed by atoms with Crippen LogP contribution in [0.4, 0.5) is 17.1 Å². The lowest BCUT2D eigenvalue weighted by Crippen LogP contribution is -2.34. The summed E-state index contributed by atoms with van der Waals surface area (Å²) in [5, 5.41) is 4.90. The monoisotopic (exact) mass is 914 g/mol. The quantitative estimate of drug-likeness (QED) is 0.128. The van der Waals surface area contributed by atoms with Gasteiger partial charge >= 0.3 is 0 Å². The van der Waals surface area contributed by atoms with E-state index < -0.39 is 0 Å². The molecule has 0 saturated carbocycles. The maximum absolute atomic E-state index is 12.4. The molecule has 0 N–H and O–H groups in total. The summed E-state index contributed by atoms with van der Waals surface area (Å²) in [6.45, 7) is 0.367. The van der Waals surface area contributed by atoms with Crippen LogP contribution in [0.5, 0.6) is 0 Å². The maximum Gasteiger partial charge on any atom is 0.253 e. The van der Waals surface area contributed by atoms with E-state index >= 15 is 0 Å². The Balaban J connectivity index is 0.858. The minimum Gasteiger partial charge on any atom is -0.311 e. The average Bonchev–Trinajstić information content (AvgIpc) is 4.07. The van der Waals surface area contributed by atoms with Gasteiger partial charge in [0.25, 0.3) is 11.8 Å². The Kier molecular flexibility index (Phi) is 10.2. The van der Waals surface area contributed by atoms with Gasteiger partial charge in [0.15, 0.2) is 0 Å². The van der Waals surface area contributed by atoms with Crippen LogP contribution in [0.2, 0.25) is 0 Å². The number of imide groups is 1. The summed E-state index contributed by atoms with van der Waals surface area (Å²) in [7, 11) is 0. The highest BCUT2D eigenvalue weighted by Crippen LogP contribution is 2.41. The van der Waals surface area contributed by atoms with E-state index in [-0.39, 0.29) is 17.7 Å². The van der Waals surface area contributed by atoms with Crippen molar-refractivity contribution in [3.05, 3.63) is 254 Å². The molecule has 13 rings (SSSR count). The third-order valence-electron chi connectivity index (χ3n) is 14.2. The Morgan fingerprint density at radius 2 is 0.803 bits per heavy atom. The van der Waals surface area contributed by atoms with E-state index in [0.717, 1.165) is 68.2 Å². The minimum absolute atomic E-state index is 0.0439. The van der Waals surface area contributed by atoms with E-state index in [9.17, 15) is 9.59 Å². The summed E-state index contributed by atoms with van der Waals surface area (Å²) in [4.78, 5) is 28.4. The van der Waals surface area contributed by atoms with Crippen LogP contribution in [0.25, 0.3) is 82.8 Å². The first-order valence-corrected chi connectivity index (χ1v) is 24.2. The molecular weight excluding hydrogens is 869 g/mol. The number of nitrogens with zero attached hydrogens (tertiary/aromatic N) is 4. The van der Waals surface area contributed by atoms with Crippen LogP contribution >= 0.6 is 0 Å². The standard InChI is InChI=1S/C65H46N4O2/c70-64-38-39-65(71)66(64)43-44-12-11-13-48(40-44)45-22-30-53(31-23-45)67(54-32-24-46(25-33-54)49-28-36-62-58(41-49)56-18-7-9-20-60(56)68(62)51-14-3-1-4-15-51)55-34-26-47(27-35-55)50-29-37-63-59(42-50)57-19-8-10-21-61(57)69(63)52-16-5-2-6-17-52/h1-11,13-42,44H,12,43H2. The largest absolute Gasteiger partial charge is 0.311 e. The number of fused-ring (bicyclic) bond motifs is 6. The second-order valence-corrected chi connectivity index (χ2v) is 18.5. The fourth-order valence-corrected chi connectivity index (χ4v) is 10.8. The van der Waals surface area contributed by atoms with E-state index in [1.165, 1.54) is 60.7 Å². The highest BCUT2D eigenvalue weighted by Gasteiger charge is 2.26. The third kappa shape index (κ3) is 7.45. The lowest BCUT2D eigenvalue weighted by molar-refractivity contribution is -0.137. The highest BCUT2D eigenvalue weighted by molar-refractivity contribution is 6.13. The first-order valence-electron chi connectivity index (χ1n) is 24.2. The van der Waals surface area contributed by atoms with Crippen molar-refractivity contribution in [1.82, 2.24) is 14.0 Å². The Labute approximate surface area is 411 Å². The lowest BCUT2D eigenvalue weighted by Gasteiger charge is -2.26. The Morgan fingerprint density at radius 1 is 0.394 bits per heavy atom. The van der Waals surface area contributed by atoms with E-state index in [1.54, 1.807) is 0 Å². The first-order chi connectivity index (χ1) is 35.0. The highest BCUT2D eigenvalue weighted by atomic mass is 16.2. The third-order valence-corrected chi connectivity index (χ3v) is 14.2. The first kappa shape index (κ1) is 41.9. The molecule has 0 spiro atoms. The van der Waals surface area contributed by atoms with Gasteiger partial charge in [0, 0.05) is 68.7 Å². The average molecular weight is 915 g/mol. The number of hydrogen-bond donors (Lipinski definition) is 0. The van der Waals surface area contributed by atoms with Crippen LogP contribution in [0.1, 0.15) is 12.0 Å². The van der Waals surface area contributed by atoms with Crippen LogP contribution in [-0.2, 0) is 9.59 Å². The zero-order chi connectivity index (χ0) is 47.4. The lowest BCUT2D eigenvalue weighted by atomic mass is 9.92. The second-order valence-electron chi connectivity index (χ2n) is 18.5. The zero-order valence-corrected chi connectivity index (χ0v) is 38.8. The second kappa shape index (κ2) is 17.4. The Bertz CT molecular complexity index is 3740. The van der Waals surface area contributed by atoms with Gasteiger partial charge in [-0.3, -0.25) is 14.5 Å². The number of hydrogen-bond acceptors (Lipinski definition) is 3. The number of rotatable bonds is 10. The molecule has 2 amide bonds. The number of carbonyl (C=O) groups excluding carboxylic acids is 2. The van der Waals surface area contributed by atoms with Crippen molar-refractivity contribution in [1.29, 1.82) is 0 Å². The molecule has 2 aliphatic rings. The van der Waals surface area contributed by atoms with Crippen molar-refractivity contribution < 1.29 is 9.59 Å². The Hall–Kier alpha value is -9.26. The fraction of sp³-hybridized carbons (Fsp3) is 0.0462. The van der Waals surface area contributed by atoms with Gasteiger partial charge in [0.05, 0.1) is 22.1 Å². The molecule has 3 heterocycles. The van der Waals surface area contributed by atoms with Crippen LogP contribution in [0.15, 0.2) is 249 Å². The van der Waals surface area contributed by atoms with Crippen molar-refractivity contribution in [2.75, 3.05) is 11.4 Å². The van der Waals surface area contributed by atoms with Gasteiger partial charge < -0.3 is 14.0 Å². The molecule has 11 aromatic rings. The van der Waals surface area contributed by atoms with Crippen molar-refractivity contribution in [3.8, 4) is 33.6 Å². The van der Waals surface area contributed by atoms with Crippen molar-refractivity contribution in [3.63, 3.8) is 0 Å². The molecule has 338 valence electrons. The number of carbonyl (C=O) groups is 2. The van der Waals surface area contributed by atoms with Gasteiger partial charge in [0.1, 0.15) is 0 Å². The molecule has 2 aromatic heterocycles. The normalized spacial score (nSPS) is 14.6. The van der Waals surface area contributed by atoms with Crippen LogP contribution in [-0.4, -0.2) is 32.4 Å². The van der Waals surface area contributed by atoms with E-state index in [0.29, 0.717) is 6.54 Å². The molecule has 1 aliphatic heterocycles. The summed E-state index contributed by atoms with van der Waals surface area (Å²) in [6, 6.07) is 78.6.